The van der Waals surface area contributed by atoms with E-state index in [-0.39, 0.29) is 5.91 Å². The van der Waals surface area contributed by atoms with Crippen molar-refractivity contribution in [3.8, 4) is 0 Å². The van der Waals surface area contributed by atoms with Gasteiger partial charge in [-0.25, -0.2) is 4.52 Å². The maximum absolute atomic E-state index is 12.1. The molecule has 4 heteroatoms. The van der Waals surface area contributed by atoms with Gasteiger partial charge in [0.1, 0.15) is 0 Å². The normalized spacial score (nSPS) is 19.7. The summed E-state index contributed by atoms with van der Waals surface area (Å²) in [5, 5.41) is 7.52. The van der Waals surface area contributed by atoms with Gasteiger partial charge in [-0.15, -0.1) is 0 Å². The van der Waals surface area contributed by atoms with Gasteiger partial charge in [0.15, 0.2) is 0 Å². The molecule has 4 nitrogen and oxygen atoms in total. The van der Waals surface area contributed by atoms with E-state index in [2.05, 4.69) is 22.5 Å². The fraction of sp³-hybridized carbons (Fsp3) is 0.263. The average molecular weight is 305 g/mol. The molecule has 2 atom stereocenters. The lowest BCUT2D eigenvalue weighted by atomic mass is 10.1. The number of hydrogen-bond donors (Lipinski definition) is 1. The van der Waals surface area contributed by atoms with E-state index >= 15 is 0 Å². The van der Waals surface area contributed by atoms with Crippen molar-refractivity contribution in [1.82, 2.24) is 14.9 Å². The van der Waals surface area contributed by atoms with E-state index in [4.69, 9.17) is 0 Å². The summed E-state index contributed by atoms with van der Waals surface area (Å²) in [6.45, 7) is 2.74. The van der Waals surface area contributed by atoms with Crippen LogP contribution in [0.25, 0.3) is 5.52 Å². The van der Waals surface area contributed by atoms with Gasteiger partial charge in [0, 0.05) is 18.3 Å². The first-order valence-corrected chi connectivity index (χ1v) is 8.00. The number of fused-ring (bicyclic) bond motifs is 1. The SMILES string of the molecule is Cc1cc2c([C@@H]3C[C@H]3CNC(=O)c3ccccc3)cccn2n1. The highest BCUT2D eigenvalue weighted by Crippen LogP contribution is 2.48. The maximum Gasteiger partial charge on any atom is 0.251 e. The van der Waals surface area contributed by atoms with E-state index in [1.165, 1.54) is 11.1 Å². The van der Waals surface area contributed by atoms with Gasteiger partial charge >= 0.3 is 0 Å². The van der Waals surface area contributed by atoms with Crippen molar-refractivity contribution < 1.29 is 4.79 Å². The first kappa shape index (κ1) is 14.0. The minimum Gasteiger partial charge on any atom is -0.352 e. The highest BCUT2D eigenvalue weighted by atomic mass is 16.1. The van der Waals surface area contributed by atoms with Crippen molar-refractivity contribution in [2.75, 3.05) is 6.54 Å². The summed E-state index contributed by atoms with van der Waals surface area (Å²) in [7, 11) is 0. The Kier molecular flexibility index (Phi) is 3.37. The highest BCUT2D eigenvalue weighted by Gasteiger charge is 2.39. The molecule has 0 spiro atoms. The zero-order chi connectivity index (χ0) is 15.8. The van der Waals surface area contributed by atoms with Crippen molar-refractivity contribution >= 4 is 11.4 Å². The van der Waals surface area contributed by atoms with E-state index in [1.54, 1.807) is 0 Å². The van der Waals surface area contributed by atoms with E-state index in [9.17, 15) is 4.79 Å². The number of carbonyl (C=O) groups excluding carboxylic acids is 1. The molecule has 1 amide bonds. The monoisotopic (exact) mass is 305 g/mol. The predicted molar refractivity (Wildman–Crippen MR) is 89.6 cm³/mol. The fourth-order valence-electron chi connectivity index (χ4n) is 3.24. The Morgan fingerprint density at radius 2 is 2.09 bits per heavy atom. The molecule has 0 saturated heterocycles. The zero-order valence-electron chi connectivity index (χ0n) is 13.1. The fourth-order valence-corrected chi connectivity index (χ4v) is 3.24. The Bertz CT molecular complexity index is 853. The quantitative estimate of drug-likeness (QED) is 0.804. The van der Waals surface area contributed by atoms with Crippen molar-refractivity contribution in [2.24, 2.45) is 5.92 Å². The second-order valence-corrected chi connectivity index (χ2v) is 6.26. The van der Waals surface area contributed by atoms with E-state index < -0.39 is 0 Å². The van der Waals surface area contributed by atoms with Crippen molar-refractivity contribution in [2.45, 2.75) is 19.3 Å². The zero-order valence-corrected chi connectivity index (χ0v) is 13.1. The summed E-state index contributed by atoms with van der Waals surface area (Å²) in [5.74, 6) is 1.05. The molecule has 116 valence electrons. The smallest absolute Gasteiger partial charge is 0.251 e. The molecule has 0 aliphatic heterocycles. The van der Waals surface area contributed by atoms with E-state index in [0.29, 0.717) is 11.8 Å². The number of nitrogens with zero attached hydrogens (tertiary/aromatic N) is 2. The van der Waals surface area contributed by atoms with Gasteiger partial charge in [0.2, 0.25) is 0 Å². The molecular weight excluding hydrogens is 286 g/mol. The van der Waals surface area contributed by atoms with Crippen LogP contribution in [0, 0.1) is 12.8 Å². The molecule has 4 rings (SSSR count). The van der Waals surface area contributed by atoms with Crippen molar-refractivity contribution in [3.05, 3.63) is 71.5 Å². The standard InChI is InChI=1S/C19H19N3O/c1-13-10-18-16(8-5-9-22(18)21-13)17-11-15(17)12-20-19(23)14-6-3-2-4-7-14/h2-10,15,17H,11-12H2,1H3,(H,20,23)/t15-,17+/m0/s1. The second kappa shape index (κ2) is 5.54. The Morgan fingerprint density at radius 1 is 1.26 bits per heavy atom. The minimum atomic E-state index is 0.00894. The van der Waals surface area contributed by atoms with Gasteiger partial charge in [0.05, 0.1) is 11.2 Å². The van der Waals surface area contributed by atoms with Crippen LogP contribution in [-0.2, 0) is 0 Å². The molecule has 0 unspecified atom stereocenters. The summed E-state index contributed by atoms with van der Waals surface area (Å²) in [6.07, 6.45) is 3.11. The second-order valence-electron chi connectivity index (χ2n) is 6.26. The molecule has 2 aromatic heterocycles. The van der Waals surface area contributed by atoms with Crippen LogP contribution in [0.15, 0.2) is 54.7 Å². The van der Waals surface area contributed by atoms with Crippen LogP contribution in [0.1, 0.15) is 34.0 Å². The van der Waals surface area contributed by atoms with E-state index in [1.807, 2.05) is 54.0 Å². The molecule has 23 heavy (non-hydrogen) atoms. The van der Waals surface area contributed by atoms with Crippen LogP contribution >= 0.6 is 0 Å². The number of aryl methyl sites for hydroxylation is 1. The first-order valence-electron chi connectivity index (χ1n) is 8.00. The third kappa shape index (κ3) is 2.72. The van der Waals surface area contributed by atoms with Crippen molar-refractivity contribution in [1.29, 1.82) is 0 Å². The molecule has 2 heterocycles. The Hall–Kier alpha value is -2.62. The van der Waals surface area contributed by atoms with Crippen LogP contribution in [0.4, 0.5) is 0 Å². The third-order valence-corrected chi connectivity index (χ3v) is 4.54. The average Bonchev–Trinajstić information content (AvgIpc) is 3.24. The summed E-state index contributed by atoms with van der Waals surface area (Å²) < 4.78 is 1.95. The topological polar surface area (TPSA) is 46.4 Å². The number of hydrogen-bond acceptors (Lipinski definition) is 2. The Balaban J connectivity index is 1.43. The summed E-state index contributed by atoms with van der Waals surface area (Å²) in [6, 6.07) is 15.7. The van der Waals surface area contributed by atoms with Crippen molar-refractivity contribution in [3.63, 3.8) is 0 Å². The number of amides is 1. The van der Waals surface area contributed by atoms with E-state index in [0.717, 1.165) is 24.2 Å². The predicted octanol–water partition coefficient (Wildman–Crippen LogP) is 3.18. The minimum absolute atomic E-state index is 0.00894. The molecule has 0 radical (unpaired) electrons. The largest absolute Gasteiger partial charge is 0.352 e. The molecule has 1 fully saturated rings. The lowest BCUT2D eigenvalue weighted by Crippen LogP contribution is -2.25. The lowest BCUT2D eigenvalue weighted by molar-refractivity contribution is 0.0951. The summed E-state index contributed by atoms with van der Waals surface area (Å²) >= 11 is 0. The van der Waals surface area contributed by atoms with Gasteiger partial charge in [-0.2, -0.15) is 5.10 Å². The first-order chi connectivity index (χ1) is 11.2. The maximum atomic E-state index is 12.1. The van der Waals surface area contributed by atoms with Gasteiger partial charge in [-0.05, 0) is 55.0 Å². The number of aromatic nitrogens is 2. The molecule has 0 bridgehead atoms. The third-order valence-electron chi connectivity index (χ3n) is 4.54. The molecule has 1 aliphatic carbocycles. The lowest BCUT2D eigenvalue weighted by Gasteiger charge is -2.06. The molecular formula is C19H19N3O. The van der Waals surface area contributed by atoms with Crippen LogP contribution in [0.3, 0.4) is 0 Å². The van der Waals surface area contributed by atoms with Gasteiger partial charge in [0.25, 0.3) is 5.91 Å². The Morgan fingerprint density at radius 3 is 2.91 bits per heavy atom. The highest BCUT2D eigenvalue weighted by molar-refractivity contribution is 5.94. The van der Waals surface area contributed by atoms with Crippen LogP contribution in [-0.4, -0.2) is 22.1 Å². The number of nitrogens with one attached hydrogen (secondary N) is 1. The van der Waals surface area contributed by atoms with Crippen LogP contribution < -0.4 is 5.32 Å². The van der Waals surface area contributed by atoms with Crippen LogP contribution in [0.5, 0.6) is 0 Å². The number of pyridine rings is 1. The molecule has 1 N–H and O–H groups in total. The van der Waals surface area contributed by atoms with Gasteiger partial charge in [-0.1, -0.05) is 24.3 Å². The number of carbonyl (C=O) groups is 1. The molecule has 1 saturated carbocycles. The Labute approximate surface area is 135 Å². The molecule has 3 aromatic rings. The molecule has 1 aliphatic rings. The van der Waals surface area contributed by atoms with Crippen LogP contribution in [0.2, 0.25) is 0 Å². The number of benzene rings is 1. The molecule has 1 aromatic carbocycles. The van der Waals surface area contributed by atoms with Gasteiger partial charge < -0.3 is 5.32 Å². The summed E-state index contributed by atoms with van der Waals surface area (Å²) in [4.78, 5) is 12.1. The summed E-state index contributed by atoms with van der Waals surface area (Å²) in [5.41, 5.74) is 4.28. The number of rotatable bonds is 4. The van der Waals surface area contributed by atoms with Gasteiger partial charge in [-0.3, -0.25) is 4.79 Å².